The summed E-state index contributed by atoms with van der Waals surface area (Å²) in [6.07, 6.45) is 0. The van der Waals surface area contributed by atoms with Crippen molar-refractivity contribution in [3.63, 3.8) is 0 Å². The first-order valence-electron chi connectivity index (χ1n) is 4.65. The summed E-state index contributed by atoms with van der Waals surface area (Å²) in [5.41, 5.74) is 0.622. The van der Waals surface area contributed by atoms with Gasteiger partial charge in [-0.25, -0.2) is 4.39 Å². The molecule has 0 spiro atoms. The summed E-state index contributed by atoms with van der Waals surface area (Å²) in [4.78, 5) is 0.663. The van der Waals surface area contributed by atoms with Crippen molar-refractivity contribution in [2.75, 3.05) is 5.75 Å². The van der Waals surface area contributed by atoms with Gasteiger partial charge in [0.25, 0.3) is 0 Å². The maximum atomic E-state index is 13.4. The van der Waals surface area contributed by atoms with Crippen LogP contribution in [0.4, 0.5) is 4.39 Å². The fourth-order valence-electron chi connectivity index (χ4n) is 1.02. The van der Waals surface area contributed by atoms with E-state index in [4.69, 9.17) is 5.11 Å². The molecule has 0 saturated heterocycles. The van der Waals surface area contributed by atoms with E-state index >= 15 is 0 Å². The molecule has 0 unspecified atom stereocenters. The molecule has 1 aromatic rings. The topological polar surface area (TPSA) is 20.2 Å². The molecular formula is C11H15FOS. The molecule has 0 aliphatic rings. The fraction of sp³-hybridized carbons (Fsp3) is 0.455. The van der Waals surface area contributed by atoms with Crippen molar-refractivity contribution >= 4 is 11.8 Å². The third-order valence-electron chi connectivity index (χ3n) is 1.75. The Morgan fingerprint density at radius 2 is 2.14 bits per heavy atom. The van der Waals surface area contributed by atoms with Crippen LogP contribution < -0.4 is 0 Å². The van der Waals surface area contributed by atoms with Gasteiger partial charge in [-0.1, -0.05) is 19.9 Å². The van der Waals surface area contributed by atoms with Gasteiger partial charge in [-0.05, 0) is 23.6 Å². The van der Waals surface area contributed by atoms with E-state index in [1.54, 1.807) is 12.1 Å². The predicted molar refractivity (Wildman–Crippen MR) is 57.9 cm³/mol. The summed E-state index contributed by atoms with van der Waals surface area (Å²) in [6.45, 7) is 4.10. The Morgan fingerprint density at radius 1 is 1.43 bits per heavy atom. The lowest BCUT2D eigenvalue weighted by Crippen LogP contribution is -1.93. The summed E-state index contributed by atoms with van der Waals surface area (Å²) < 4.78 is 13.4. The second-order valence-electron chi connectivity index (χ2n) is 3.63. The Labute approximate surface area is 88.3 Å². The molecule has 78 valence electrons. The van der Waals surface area contributed by atoms with Crippen LogP contribution in [0.3, 0.4) is 0 Å². The molecule has 0 amide bonds. The molecule has 0 bridgehead atoms. The van der Waals surface area contributed by atoms with Crippen LogP contribution in [0.1, 0.15) is 19.4 Å². The van der Waals surface area contributed by atoms with Crippen molar-refractivity contribution in [3.8, 4) is 0 Å². The van der Waals surface area contributed by atoms with E-state index in [1.165, 1.54) is 17.8 Å². The lowest BCUT2D eigenvalue weighted by Gasteiger charge is -2.06. The van der Waals surface area contributed by atoms with E-state index in [2.05, 4.69) is 13.8 Å². The minimum Gasteiger partial charge on any atom is -0.392 e. The minimum absolute atomic E-state index is 0.105. The van der Waals surface area contributed by atoms with Crippen LogP contribution in [-0.2, 0) is 6.61 Å². The molecular weight excluding hydrogens is 199 g/mol. The van der Waals surface area contributed by atoms with Gasteiger partial charge in [0, 0.05) is 10.6 Å². The Kier molecular flexibility index (Phi) is 4.42. The SMILES string of the molecule is CC(C)CSc1ccc(CO)cc1F. The molecule has 0 atom stereocenters. The summed E-state index contributed by atoms with van der Waals surface area (Å²) >= 11 is 1.52. The molecule has 1 aromatic carbocycles. The highest BCUT2D eigenvalue weighted by Gasteiger charge is 2.04. The zero-order chi connectivity index (χ0) is 10.6. The first-order chi connectivity index (χ1) is 6.63. The van der Waals surface area contributed by atoms with E-state index in [-0.39, 0.29) is 12.4 Å². The smallest absolute Gasteiger partial charge is 0.137 e. The van der Waals surface area contributed by atoms with Crippen LogP contribution in [0, 0.1) is 11.7 Å². The zero-order valence-electron chi connectivity index (χ0n) is 8.46. The Balaban J connectivity index is 2.69. The standard InChI is InChI=1S/C11H15FOS/c1-8(2)7-14-11-4-3-9(6-13)5-10(11)12/h3-5,8,13H,6-7H2,1-2H3. The largest absolute Gasteiger partial charge is 0.392 e. The second kappa shape index (κ2) is 5.37. The van der Waals surface area contributed by atoms with E-state index < -0.39 is 0 Å². The predicted octanol–water partition coefficient (Wildman–Crippen LogP) is 3.07. The van der Waals surface area contributed by atoms with E-state index in [9.17, 15) is 4.39 Å². The van der Waals surface area contributed by atoms with Gasteiger partial charge in [-0.2, -0.15) is 0 Å². The summed E-state index contributed by atoms with van der Waals surface area (Å²) in [6, 6.07) is 4.88. The molecule has 0 heterocycles. The molecule has 14 heavy (non-hydrogen) atoms. The van der Waals surface area contributed by atoms with Gasteiger partial charge in [0.05, 0.1) is 6.61 Å². The first-order valence-corrected chi connectivity index (χ1v) is 5.64. The van der Waals surface area contributed by atoms with Crippen LogP contribution in [0.2, 0.25) is 0 Å². The molecule has 0 saturated carbocycles. The fourth-order valence-corrected chi connectivity index (χ4v) is 1.89. The van der Waals surface area contributed by atoms with Crippen LogP contribution in [0.25, 0.3) is 0 Å². The number of aliphatic hydroxyl groups excluding tert-OH is 1. The highest BCUT2D eigenvalue weighted by atomic mass is 32.2. The number of hydrogen-bond donors (Lipinski definition) is 1. The summed E-state index contributed by atoms with van der Waals surface area (Å²) in [5, 5.41) is 8.80. The zero-order valence-corrected chi connectivity index (χ0v) is 9.27. The van der Waals surface area contributed by atoms with Gasteiger partial charge in [0.15, 0.2) is 0 Å². The monoisotopic (exact) mass is 214 g/mol. The van der Waals surface area contributed by atoms with Crippen LogP contribution in [-0.4, -0.2) is 10.9 Å². The number of thioether (sulfide) groups is 1. The Hall–Kier alpha value is -0.540. The lowest BCUT2D eigenvalue weighted by molar-refractivity contribution is 0.281. The lowest BCUT2D eigenvalue weighted by atomic mass is 10.2. The van der Waals surface area contributed by atoms with Gasteiger partial charge in [0.1, 0.15) is 5.82 Å². The highest BCUT2D eigenvalue weighted by molar-refractivity contribution is 7.99. The Bertz CT molecular complexity index is 299. The molecule has 0 radical (unpaired) electrons. The quantitative estimate of drug-likeness (QED) is 0.777. The average molecular weight is 214 g/mol. The average Bonchev–Trinajstić information content (AvgIpc) is 2.15. The van der Waals surface area contributed by atoms with E-state index in [0.717, 1.165) is 5.75 Å². The molecule has 0 aromatic heterocycles. The molecule has 0 aliphatic carbocycles. The maximum Gasteiger partial charge on any atom is 0.137 e. The number of benzene rings is 1. The van der Waals surface area contributed by atoms with Crippen LogP contribution >= 0.6 is 11.8 Å². The molecule has 3 heteroatoms. The number of rotatable bonds is 4. The summed E-state index contributed by atoms with van der Waals surface area (Å²) in [5.74, 6) is 1.23. The van der Waals surface area contributed by atoms with Crippen molar-refractivity contribution in [2.24, 2.45) is 5.92 Å². The Morgan fingerprint density at radius 3 is 2.64 bits per heavy atom. The van der Waals surface area contributed by atoms with Gasteiger partial charge in [0.2, 0.25) is 0 Å². The number of hydrogen-bond acceptors (Lipinski definition) is 2. The van der Waals surface area contributed by atoms with Gasteiger partial charge in [-0.3, -0.25) is 0 Å². The van der Waals surface area contributed by atoms with Crippen molar-refractivity contribution in [1.82, 2.24) is 0 Å². The molecule has 1 rings (SSSR count). The van der Waals surface area contributed by atoms with E-state index in [0.29, 0.717) is 16.4 Å². The first kappa shape index (κ1) is 11.5. The summed E-state index contributed by atoms with van der Waals surface area (Å²) in [7, 11) is 0. The minimum atomic E-state index is -0.234. The number of aliphatic hydroxyl groups is 1. The van der Waals surface area contributed by atoms with Crippen molar-refractivity contribution in [3.05, 3.63) is 29.6 Å². The van der Waals surface area contributed by atoms with Crippen molar-refractivity contribution in [1.29, 1.82) is 0 Å². The molecule has 1 N–H and O–H groups in total. The highest BCUT2D eigenvalue weighted by Crippen LogP contribution is 2.24. The third kappa shape index (κ3) is 3.31. The van der Waals surface area contributed by atoms with Crippen molar-refractivity contribution < 1.29 is 9.50 Å². The second-order valence-corrected chi connectivity index (χ2v) is 4.69. The maximum absolute atomic E-state index is 13.4. The van der Waals surface area contributed by atoms with Crippen LogP contribution in [0.15, 0.2) is 23.1 Å². The van der Waals surface area contributed by atoms with Crippen molar-refractivity contribution in [2.45, 2.75) is 25.3 Å². The molecule has 1 nitrogen and oxygen atoms in total. The van der Waals surface area contributed by atoms with Gasteiger partial charge < -0.3 is 5.11 Å². The molecule has 0 fully saturated rings. The van der Waals surface area contributed by atoms with Gasteiger partial charge in [-0.15, -0.1) is 11.8 Å². The molecule has 0 aliphatic heterocycles. The normalized spacial score (nSPS) is 10.9. The van der Waals surface area contributed by atoms with Crippen LogP contribution in [0.5, 0.6) is 0 Å². The van der Waals surface area contributed by atoms with E-state index in [1.807, 2.05) is 0 Å². The third-order valence-corrected chi connectivity index (χ3v) is 3.23. The number of halogens is 1. The van der Waals surface area contributed by atoms with Gasteiger partial charge >= 0.3 is 0 Å².